The first-order chi connectivity index (χ1) is 20.5. The van der Waals surface area contributed by atoms with E-state index in [9.17, 15) is 14.4 Å². The molecule has 0 heterocycles. The van der Waals surface area contributed by atoms with Gasteiger partial charge in [0.05, 0.1) is 6.42 Å². The number of benzene rings is 4. The van der Waals surface area contributed by atoms with Gasteiger partial charge in [0.2, 0.25) is 0 Å². The molecular formula is C35H31NO6. The van der Waals surface area contributed by atoms with Crippen LogP contribution in [0.5, 0.6) is 0 Å². The Bertz CT molecular complexity index is 1470. The Kier molecular flexibility index (Phi) is 9.09. The van der Waals surface area contributed by atoms with Gasteiger partial charge in [-0.3, -0.25) is 4.79 Å². The van der Waals surface area contributed by atoms with Crippen molar-refractivity contribution in [2.75, 3.05) is 13.2 Å². The normalized spacial score (nSPS) is 12.5. The van der Waals surface area contributed by atoms with Gasteiger partial charge >= 0.3 is 18.0 Å². The number of carbonyl (C=O) groups excluding carboxylic acids is 3. The lowest BCUT2D eigenvalue weighted by Crippen LogP contribution is -2.44. The number of rotatable bonds is 11. The van der Waals surface area contributed by atoms with E-state index in [1.165, 1.54) is 6.08 Å². The second kappa shape index (κ2) is 13.5. The molecule has 0 aliphatic heterocycles. The van der Waals surface area contributed by atoms with Crippen LogP contribution in [-0.2, 0) is 23.8 Å². The third-order valence-corrected chi connectivity index (χ3v) is 7.09. The number of ether oxygens (including phenoxy) is 3. The van der Waals surface area contributed by atoms with Crippen molar-refractivity contribution in [2.24, 2.45) is 0 Å². The molecule has 1 aliphatic rings. The van der Waals surface area contributed by atoms with Gasteiger partial charge in [-0.15, -0.1) is 0 Å². The van der Waals surface area contributed by atoms with Crippen LogP contribution >= 0.6 is 0 Å². The topological polar surface area (TPSA) is 90.9 Å². The zero-order valence-electron chi connectivity index (χ0n) is 23.0. The number of carbonyl (C=O) groups is 3. The number of alkyl carbamates (subject to hydrolysis) is 1. The molecule has 0 radical (unpaired) electrons. The number of amides is 1. The van der Waals surface area contributed by atoms with Crippen LogP contribution in [0.15, 0.2) is 122 Å². The van der Waals surface area contributed by atoms with E-state index in [0.29, 0.717) is 0 Å². The molecule has 7 heteroatoms. The van der Waals surface area contributed by atoms with E-state index in [1.807, 2.05) is 109 Å². The second-order valence-electron chi connectivity index (χ2n) is 9.84. The van der Waals surface area contributed by atoms with Crippen molar-refractivity contribution in [3.05, 3.63) is 144 Å². The SMILES string of the molecule is C=CCOC(=O)CC(NC(=O)OCC1c2ccccc2-c2ccccc21)C(=O)OC(c1ccccc1)c1ccccc1. The van der Waals surface area contributed by atoms with Gasteiger partial charge in [-0.1, -0.05) is 122 Å². The summed E-state index contributed by atoms with van der Waals surface area (Å²) in [7, 11) is 0. The fourth-order valence-corrected chi connectivity index (χ4v) is 5.14. The Hall–Kier alpha value is -5.17. The summed E-state index contributed by atoms with van der Waals surface area (Å²) in [6.45, 7) is 3.57. The first-order valence-electron chi connectivity index (χ1n) is 13.7. The fraction of sp³-hybridized carbons (Fsp3) is 0.171. The largest absolute Gasteiger partial charge is 0.461 e. The predicted octanol–water partition coefficient (Wildman–Crippen LogP) is 6.35. The summed E-state index contributed by atoms with van der Waals surface area (Å²) < 4.78 is 16.6. The Morgan fingerprint density at radius 3 is 1.81 bits per heavy atom. The van der Waals surface area contributed by atoms with Gasteiger partial charge in [0.1, 0.15) is 19.3 Å². The first kappa shape index (κ1) is 28.4. The molecule has 1 N–H and O–H groups in total. The third kappa shape index (κ3) is 6.58. The van der Waals surface area contributed by atoms with Crippen molar-refractivity contribution in [1.29, 1.82) is 0 Å². The average molecular weight is 562 g/mol. The van der Waals surface area contributed by atoms with Gasteiger partial charge in [0.15, 0.2) is 6.10 Å². The number of hydrogen-bond acceptors (Lipinski definition) is 6. The van der Waals surface area contributed by atoms with Crippen LogP contribution < -0.4 is 5.32 Å². The molecule has 0 saturated heterocycles. The van der Waals surface area contributed by atoms with E-state index in [2.05, 4.69) is 11.9 Å². The van der Waals surface area contributed by atoms with E-state index >= 15 is 0 Å². The van der Waals surface area contributed by atoms with Crippen molar-refractivity contribution in [3.8, 4) is 11.1 Å². The summed E-state index contributed by atoms with van der Waals surface area (Å²) >= 11 is 0. The van der Waals surface area contributed by atoms with Crippen LogP contribution in [0.3, 0.4) is 0 Å². The smallest absolute Gasteiger partial charge is 0.407 e. The van der Waals surface area contributed by atoms with Crippen molar-refractivity contribution in [1.82, 2.24) is 5.32 Å². The number of nitrogens with one attached hydrogen (secondary N) is 1. The maximum absolute atomic E-state index is 13.5. The molecule has 1 aliphatic carbocycles. The molecule has 4 aromatic rings. The standard InChI is InChI=1S/C35H31NO6/c1-2-21-40-32(37)22-31(34(38)42-33(24-13-5-3-6-14-24)25-15-7-4-8-16-25)36-35(39)41-23-30-28-19-11-9-17-26(28)27-18-10-12-20-29(27)30/h2-20,30-31,33H,1,21-23H2,(H,36,39). The van der Waals surface area contributed by atoms with E-state index in [-0.39, 0.29) is 19.1 Å². The highest BCUT2D eigenvalue weighted by Gasteiger charge is 2.32. The van der Waals surface area contributed by atoms with Crippen molar-refractivity contribution in [2.45, 2.75) is 24.5 Å². The molecule has 1 amide bonds. The van der Waals surface area contributed by atoms with Gasteiger partial charge in [0.25, 0.3) is 0 Å². The van der Waals surface area contributed by atoms with Crippen LogP contribution in [0, 0.1) is 0 Å². The third-order valence-electron chi connectivity index (χ3n) is 7.09. The second-order valence-corrected chi connectivity index (χ2v) is 9.84. The lowest BCUT2D eigenvalue weighted by atomic mass is 9.98. The minimum Gasteiger partial charge on any atom is -0.461 e. The van der Waals surface area contributed by atoms with E-state index in [4.69, 9.17) is 14.2 Å². The van der Waals surface area contributed by atoms with Gasteiger partial charge in [-0.2, -0.15) is 0 Å². The van der Waals surface area contributed by atoms with Gasteiger partial charge in [-0.25, -0.2) is 9.59 Å². The van der Waals surface area contributed by atoms with Crippen LogP contribution in [-0.4, -0.2) is 37.3 Å². The van der Waals surface area contributed by atoms with E-state index in [1.54, 1.807) is 0 Å². The monoisotopic (exact) mass is 561 g/mol. The molecule has 42 heavy (non-hydrogen) atoms. The number of hydrogen-bond donors (Lipinski definition) is 1. The summed E-state index contributed by atoms with van der Waals surface area (Å²) in [5, 5.41) is 2.54. The molecule has 0 aromatic heterocycles. The molecule has 1 atom stereocenters. The lowest BCUT2D eigenvalue weighted by Gasteiger charge is -2.23. The highest BCUT2D eigenvalue weighted by molar-refractivity contribution is 5.86. The molecule has 0 spiro atoms. The van der Waals surface area contributed by atoms with Gasteiger partial charge < -0.3 is 19.5 Å². The molecule has 1 unspecified atom stereocenters. The van der Waals surface area contributed by atoms with Gasteiger partial charge in [-0.05, 0) is 33.4 Å². The molecule has 0 fully saturated rings. The number of fused-ring (bicyclic) bond motifs is 3. The molecule has 212 valence electrons. The van der Waals surface area contributed by atoms with Crippen molar-refractivity contribution in [3.63, 3.8) is 0 Å². The Morgan fingerprint density at radius 1 is 0.738 bits per heavy atom. The maximum Gasteiger partial charge on any atom is 0.407 e. The zero-order valence-corrected chi connectivity index (χ0v) is 23.0. The molecule has 4 aromatic carbocycles. The highest BCUT2D eigenvalue weighted by Crippen LogP contribution is 2.44. The summed E-state index contributed by atoms with van der Waals surface area (Å²) in [4.78, 5) is 39.1. The predicted molar refractivity (Wildman–Crippen MR) is 159 cm³/mol. The van der Waals surface area contributed by atoms with E-state index in [0.717, 1.165) is 33.4 Å². The molecule has 7 nitrogen and oxygen atoms in total. The Labute approximate surface area is 244 Å². The molecule has 0 saturated carbocycles. The first-order valence-corrected chi connectivity index (χ1v) is 13.7. The van der Waals surface area contributed by atoms with Crippen molar-refractivity contribution >= 4 is 18.0 Å². The van der Waals surface area contributed by atoms with Crippen LogP contribution in [0.2, 0.25) is 0 Å². The summed E-state index contributed by atoms with van der Waals surface area (Å²) in [6, 6.07) is 33.1. The minimum atomic E-state index is -1.34. The number of esters is 2. The fourth-order valence-electron chi connectivity index (χ4n) is 5.14. The maximum atomic E-state index is 13.5. The van der Waals surface area contributed by atoms with E-state index < -0.39 is 36.6 Å². The quantitative estimate of drug-likeness (QED) is 0.130. The molecular weight excluding hydrogens is 530 g/mol. The minimum absolute atomic E-state index is 0.0256. The lowest BCUT2D eigenvalue weighted by molar-refractivity contribution is -0.154. The summed E-state index contributed by atoms with van der Waals surface area (Å²) in [5.41, 5.74) is 5.80. The van der Waals surface area contributed by atoms with Crippen molar-refractivity contribution < 1.29 is 28.6 Å². The average Bonchev–Trinajstić information content (AvgIpc) is 3.35. The summed E-state index contributed by atoms with van der Waals surface area (Å²) in [5.74, 6) is -1.64. The van der Waals surface area contributed by atoms with Crippen LogP contribution in [0.25, 0.3) is 11.1 Å². The molecule has 0 bridgehead atoms. The van der Waals surface area contributed by atoms with Gasteiger partial charge in [0, 0.05) is 5.92 Å². The van der Waals surface area contributed by atoms with Crippen LogP contribution in [0.1, 0.15) is 40.7 Å². The molecule has 5 rings (SSSR count). The highest BCUT2D eigenvalue weighted by atomic mass is 16.6. The Morgan fingerprint density at radius 2 is 1.26 bits per heavy atom. The van der Waals surface area contributed by atoms with Crippen LogP contribution in [0.4, 0.5) is 4.79 Å². The summed E-state index contributed by atoms with van der Waals surface area (Å²) in [6.07, 6.45) is -0.611. The Balaban J connectivity index is 1.32. The zero-order chi connectivity index (χ0) is 29.3.